The maximum absolute atomic E-state index is 10.8. The Kier molecular flexibility index (Phi) is 13.9. The molecule has 0 aromatic rings. The molecular formula is C7H14B3F12N2O-3. The van der Waals surface area contributed by atoms with Crippen molar-refractivity contribution in [3.05, 3.63) is 0 Å². The molecule has 1 aliphatic heterocycles. The average molecular weight is 403 g/mol. The molecule has 18 heteroatoms. The minimum absolute atomic E-state index is 0.202. The number of halogens is 12. The fourth-order valence-electron chi connectivity index (χ4n) is 1.12. The summed E-state index contributed by atoms with van der Waals surface area (Å²) in [6.07, 6.45) is 0. The minimum Gasteiger partial charge on any atom is -0.418 e. The van der Waals surface area contributed by atoms with Crippen LogP contribution in [0.5, 0.6) is 0 Å². The monoisotopic (exact) mass is 403 g/mol. The quantitative estimate of drug-likeness (QED) is 0.456. The van der Waals surface area contributed by atoms with Gasteiger partial charge in [0.15, 0.2) is 0 Å². The number of hydrogen-bond acceptors (Lipinski definition) is 2. The summed E-state index contributed by atoms with van der Waals surface area (Å²) in [5.74, 6) is 0.202. The molecular weight excluding hydrogens is 389 g/mol. The van der Waals surface area contributed by atoms with Gasteiger partial charge in [0, 0.05) is 33.1 Å². The summed E-state index contributed by atoms with van der Waals surface area (Å²) < 4.78 is 117. The molecule has 0 aliphatic carbocycles. The van der Waals surface area contributed by atoms with Crippen LogP contribution in [-0.4, -0.2) is 70.7 Å². The van der Waals surface area contributed by atoms with Gasteiger partial charge in [0.25, 0.3) is 0 Å². The number of carbonyl (C=O) groups is 1. The summed E-state index contributed by atoms with van der Waals surface area (Å²) in [5.41, 5.74) is 0. The Balaban J connectivity index is -0.000000279. The lowest BCUT2D eigenvalue weighted by atomic mass is 10.3. The van der Waals surface area contributed by atoms with E-state index in [0.29, 0.717) is 0 Å². The summed E-state index contributed by atoms with van der Waals surface area (Å²) in [4.78, 5) is 14.9. The molecule has 154 valence electrons. The first-order valence-electron chi connectivity index (χ1n) is 6.26. The van der Waals surface area contributed by atoms with E-state index in [1.165, 1.54) is 0 Å². The van der Waals surface area contributed by atoms with Gasteiger partial charge in [-0.2, -0.15) is 0 Å². The van der Waals surface area contributed by atoms with Gasteiger partial charge >= 0.3 is 21.8 Å². The molecule has 1 fully saturated rings. The molecule has 0 atom stereocenters. The van der Waals surface area contributed by atoms with Crippen LogP contribution in [0.2, 0.25) is 0 Å². The molecule has 1 amide bonds. The predicted octanol–water partition coefficient (Wildman–Crippen LogP) is 3.68. The smallest absolute Gasteiger partial charge is 0.418 e. The van der Waals surface area contributed by atoms with Gasteiger partial charge in [0.2, 0.25) is 5.91 Å². The highest BCUT2D eigenvalue weighted by Gasteiger charge is 2.21. The highest BCUT2D eigenvalue weighted by atomic mass is 19.5. The van der Waals surface area contributed by atoms with Gasteiger partial charge in [-0.1, -0.05) is 0 Å². The molecule has 1 aliphatic rings. The maximum Gasteiger partial charge on any atom is 0.673 e. The van der Waals surface area contributed by atoms with E-state index in [-0.39, 0.29) is 5.91 Å². The van der Waals surface area contributed by atoms with E-state index in [9.17, 15) is 56.6 Å². The van der Waals surface area contributed by atoms with Crippen LogP contribution in [0.3, 0.4) is 0 Å². The summed E-state index contributed by atoms with van der Waals surface area (Å²) in [6, 6.07) is 0. The van der Waals surface area contributed by atoms with Gasteiger partial charge in [-0.15, -0.1) is 0 Å². The highest BCUT2D eigenvalue weighted by molar-refractivity contribution is 6.50. The molecule has 1 rings (SSSR count). The van der Waals surface area contributed by atoms with E-state index < -0.39 is 21.8 Å². The number of likely N-dealkylation sites (N-methyl/N-ethyl adjacent to an activating group) is 1. The van der Waals surface area contributed by atoms with Crippen molar-refractivity contribution in [1.82, 2.24) is 9.80 Å². The van der Waals surface area contributed by atoms with Gasteiger partial charge in [-0.25, -0.2) is 0 Å². The molecule has 3 nitrogen and oxygen atoms in total. The van der Waals surface area contributed by atoms with Gasteiger partial charge in [0.05, 0.1) is 0 Å². The van der Waals surface area contributed by atoms with E-state index in [2.05, 4.69) is 11.9 Å². The summed E-state index contributed by atoms with van der Waals surface area (Å²) in [6.45, 7) is 5.45. The van der Waals surface area contributed by atoms with Crippen LogP contribution in [-0.2, 0) is 4.79 Å². The zero-order valence-electron chi connectivity index (χ0n) is 12.9. The van der Waals surface area contributed by atoms with Crippen LogP contribution in [0.4, 0.5) is 51.8 Å². The van der Waals surface area contributed by atoms with Crippen LogP contribution in [0, 0.1) is 0 Å². The third kappa shape index (κ3) is 60.2. The van der Waals surface area contributed by atoms with Crippen molar-refractivity contribution in [3.63, 3.8) is 0 Å². The lowest BCUT2D eigenvalue weighted by molar-refractivity contribution is -0.130. The number of nitrogens with zero attached hydrogens (tertiary/aromatic N) is 2. The van der Waals surface area contributed by atoms with Gasteiger partial charge in [-0.05, 0) is 7.05 Å². The lowest BCUT2D eigenvalue weighted by Crippen LogP contribution is -2.46. The Bertz CT molecular complexity index is 306. The van der Waals surface area contributed by atoms with Gasteiger partial charge < -0.3 is 61.6 Å². The largest absolute Gasteiger partial charge is 0.673 e. The van der Waals surface area contributed by atoms with Gasteiger partial charge in [0.1, 0.15) is 0 Å². The molecule has 0 aromatic heterocycles. The Hall–Kier alpha value is -1.22. The fraction of sp³-hybridized carbons (Fsp3) is 0.857. The summed E-state index contributed by atoms with van der Waals surface area (Å²) in [5, 5.41) is 0. The standard InChI is InChI=1S/C7H14N2O.3BF4/c1-7(10)9-5-3-8(2)4-6-9;3*2-1(3,4)5/h3-6H2,1-2H3;;;/q;3*-1. The Morgan fingerprint density at radius 2 is 0.840 bits per heavy atom. The predicted molar refractivity (Wildman–Crippen MR) is 70.3 cm³/mol. The van der Waals surface area contributed by atoms with Crippen molar-refractivity contribution in [3.8, 4) is 0 Å². The normalized spacial score (nSPS) is 15.7. The Morgan fingerprint density at radius 1 is 0.640 bits per heavy atom. The SMILES string of the molecule is CC(=O)N1CCN(C)CC1.F[B-](F)(F)F.F[B-](F)(F)F.F[B-](F)(F)F. The van der Waals surface area contributed by atoms with E-state index in [4.69, 9.17) is 0 Å². The van der Waals surface area contributed by atoms with E-state index in [0.717, 1.165) is 26.2 Å². The number of carbonyl (C=O) groups excluding carboxylic acids is 1. The second kappa shape index (κ2) is 12.2. The minimum atomic E-state index is -6.00. The van der Waals surface area contributed by atoms with E-state index >= 15 is 0 Å². The number of hydrogen-bond donors (Lipinski definition) is 0. The highest BCUT2D eigenvalue weighted by Crippen LogP contribution is 2.07. The van der Waals surface area contributed by atoms with Crippen LogP contribution < -0.4 is 0 Å². The molecule has 0 saturated carbocycles. The molecule has 1 saturated heterocycles. The zero-order chi connectivity index (χ0) is 21.1. The second-order valence-electron chi connectivity index (χ2n) is 4.29. The third-order valence-electron chi connectivity index (χ3n) is 1.95. The van der Waals surface area contributed by atoms with Crippen molar-refractivity contribution in [2.45, 2.75) is 6.92 Å². The second-order valence-corrected chi connectivity index (χ2v) is 4.29. The van der Waals surface area contributed by atoms with Crippen molar-refractivity contribution in [2.75, 3.05) is 33.2 Å². The maximum atomic E-state index is 10.8. The van der Waals surface area contributed by atoms with Crippen LogP contribution in [0.1, 0.15) is 6.92 Å². The van der Waals surface area contributed by atoms with Crippen molar-refractivity contribution >= 4 is 27.7 Å². The molecule has 0 unspecified atom stereocenters. The van der Waals surface area contributed by atoms with Crippen LogP contribution in [0.15, 0.2) is 0 Å². The topological polar surface area (TPSA) is 23.6 Å². The third-order valence-corrected chi connectivity index (χ3v) is 1.95. The zero-order valence-corrected chi connectivity index (χ0v) is 12.9. The molecule has 0 aromatic carbocycles. The molecule has 1 heterocycles. The first kappa shape index (κ1) is 28.6. The van der Waals surface area contributed by atoms with Crippen molar-refractivity contribution in [1.29, 1.82) is 0 Å². The fourth-order valence-corrected chi connectivity index (χ4v) is 1.12. The molecule has 0 N–H and O–H groups in total. The first-order valence-corrected chi connectivity index (χ1v) is 6.26. The number of piperazine rings is 1. The summed E-state index contributed by atoms with van der Waals surface area (Å²) in [7, 11) is -15.9. The molecule has 0 bridgehead atoms. The number of amides is 1. The molecule has 0 radical (unpaired) electrons. The van der Waals surface area contributed by atoms with Crippen LogP contribution >= 0.6 is 0 Å². The lowest BCUT2D eigenvalue weighted by Gasteiger charge is -2.31. The molecule has 25 heavy (non-hydrogen) atoms. The summed E-state index contributed by atoms with van der Waals surface area (Å²) >= 11 is 0. The first-order chi connectivity index (χ1) is 10.7. The van der Waals surface area contributed by atoms with Crippen LogP contribution in [0.25, 0.3) is 0 Å². The van der Waals surface area contributed by atoms with Crippen molar-refractivity contribution < 1.29 is 56.6 Å². The van der Waals surface area contributed by atoms with Crippen molar-refractivity contribution in [2.24, 2.45) is 0 Å². The molecule has 0 spiro atoms. The number of rotatable bonds is 0. The Morgan fingerprint density at radius 3 is 1.00 bits per heavy atom. The Labute approximate surface area is 135 Å². The van der Waals surface area contributed by atoms with E-state index in [1.54, 1.807) is 6.92 Å². The average Bonchev–Trinajstić information content (AvgIpc) is 2.22. The van der Waals surface area contributed by atoms with Gasteiger partial charge in [-0.3, -0.25) is 4.79 Å². The van der Waals surface area contributed by atoms with E-state index in [1.807, 2.05) is 4.90 Å².